The number of benzene rings is 1. The fourth-order valence-corrected chi connectivity index (χ4v) is 2.36. The van der Waals surface area contributed by atoms with Gasteiger partial charge in [0, 0.05) is 16.6 Å². The Kier molecular flexibility index (Phi) is 2.57. The van der Waals surface area contributed by atoms with Crippen LogP contribution < -0.4 is 5.32 Å². The fourth-order valence-electron chi connectivity index (χ4n) is 2.19. The Morgan fingerprint density at radius 1 is 1.47 bits per heavy atom. The monoisotopic (exact) mass is 249 g/mol. The van der Waals surface area contributed by atoms with Crippen LogP contribution in [0.5, 0.6) is 0 Å². The van der Waals surface area contributed by atoms with E-state index < -0.39 is 0 Å². The second kappa shape index (κ2) is 4.09. The topological polar surface area (TPSA) is 55.6 Å². The quantitative estimate of drug-likeness (QED) is 0.824. The molecule has 88 valence electrons. The van der Waals surface area contributed by atoms with E-state index in [1.807, 2.05) is 29.9 Å². The number of nitrogens with one attached hydrogen (secondary N) is 1. The Morgan fingerprint density at radius 3 is 3.18 bits per heavy atom. The minimum Gasteiger partial charge on any atom is -0.315 e. The lowest BCUT2D eigenvalue weighted by molar-refractivity contribution is 0.452. The highest BCUT2D eigenvalue weighted by Gasteiger charge is 2.22. The van der Waals surface area contributed by atoms with Crippen molar-refractivity contribution in [3.05, 3.63) is 28.8 Å². The molecule has 1 aliphatic rings. The molecule has 2 heterocycles. The summed E-state index contributed by atoms with van der Waals surface area (Å²) in [4.78, 5) is 0. The van der Waals surface area contributed by atoms with E-state index in [1.54, 1.807) is 0 Å². The van der Waals surface area contributed by atoms with Gasteiger partial charge in [-0.25, -0.2) is 4.68 Å². The molecule has 6 heteroatoms. The highest BCUT2D eigenvalue weighted by Crippen LogP contribution is 2.28. The number of fused-ring (bicyclic) bond motifs is 3. The molecule has 0 bridgehead atoms. The Morgan fingerprint density at radius 2 is 2.35 bits per heavy atom. The molecule has 0 fully saturated rings. The van der Waals surface area contributed by atoms with E-state index in [0.29, 0.717) is 11.1 Å². The lowest BCUT2D eigenvalue weighted by Gasteiger charge is -2.13. The van der Waals surface area contributed by atoms with Crippen molar-refractivity contribution in [3.8, 4) is 11.4 Å². The second-order valence-electron chi connectivity index (χ2n) is 4.18. The lowest BCUT2D eigenvalue weighted by Crippen LogP contribution is -2.31. The fraction of sp³-hybridized carbons (Fsp3) is 0.364. The van der Waals surface area contributed by atoms with Gasteiger partial charge in [-0.15, -0.1) is 5.10 Å². The Hall–Kier alpha value is -1.46. The molecule has 17 heavy (non-hydrogen) atoms. The summed E-state index contributed by atoms with van der Waals surface area (Å²) < 4.78 is 1.82. The van der Waals surface area contributed by atoms with Crippen LogP contribution in [0.15, 0.2) is 18.2 Å². The van der Waals surface area contributed by atoms with Crippen LogP contribution in [0.1, 0.15) is 5.56 Å². The van der Waals surface area contributed by atoms with E-state index in [9.17, 15) is 0 Å². The predicted molar refractivity (Wildman–Crippen MR) is 64.8 cm³/mol. The second-order valence-corrected chi connectivity index (χ2v) is 4.61. The van der Waals surface area contributed by atoms with Crippen molar-refractivity contribution in [2.45, 2.75) is 19.0 Å². The van der Waals surface area contributed by atoms with Crippen LogP contribution in [0.25, 0.3) is 11.4 Å². The van der Waals surface area contributed by atoms with Gasteiger partial charge >= 0.3 is 0 Å². The van der Waals surface area contributed by atoms with Gasteiger partial charge in [-0.2, -0.15) is 0 Å². The molecule has 0 amide bonds. The number of hydrogen-bond acceptors (Lipinski definition) is 4. The normalized spacial score (nSPS) is 18.4. The van der Waals surface area contributed by atoms with Crippen molar-refractivity contribution < 1.29 is 0 Å². The van der Waals surface area contributed by atoms with Crippen molar-refractivity contribution in [3.63, 3.8) is 0 Å². The Bertz CT molecular complexity index is 551. The van der Waals surface area contributed by atoms with E-state index in [-0.39, 0.29) is 0 Å². The molecule has 3 rings (SSSR count). The number of likely N-dealkylation sites (N-methyl/N-ethyl adjacent to an activating group) is 1. The van der Waals surface area contributed by atoms with E-state index in [2.05, 4.69) is 20.8 Å². The minimum absolute atomic E-state index is 0.333. The summed E-state index contributed by atoms with van der Waals surface area (Å²) in [7, 11) is 1.95. The van der Waals surface area contributed by atoms with E-state index in [0.717, 1.165) is 24.4 Å². The zero-order valence-corrected chi connectivity index (χ0v) is 10.1. The first kappa shape index (κ1) is 10.7. The average Bonchev–Trinajstić information content (AvgIpc) is 2.73. The number of rotatable bonds is 1. The van der Waals surface area contributed by atoms with Crippen LogP contribution in [0.2, 0.25) is 5.02 Å². The van der Waals surface area contributed by atoms with Crippen LogP contribution >= 0.6 is 11.6 Å². The van der Waals surface area contributed by atoms with Gasteiger partial charge in [-0.3, -0.25) is 0 Å². The highest BCUT2D eigenvalue weighted by molar-refractivity contribution is 6.30. The van der Waals surface area contributed by atoms with Crippen LogP contribution in [0.3, 0.4) is 0 Å². The van der Waals surface area contributed by atoms with Gasteiger partial charge in [0.25, 0.3) is 0 Å². The molecule has 1 aromatic heterocycles. The summed E-state index contributed by atoms with van der Waals surface area (Å²) in [5.41, 5.74) is 2.25. The summed E-state index contributed by atoms with van der Waals surface area (Å²) in [6, 6.07) is 6.22. The van der Waals surface area contributed by atoms with Gasteiger partial charge in [0.05, 0.1) is 6.54 Å². The zero-order valence-electron chi connectivity index (χ0n) is 9.39. The molecule has 2 aromatic rings. The number of tetrazole rings is 1. The molecule has 1 aromatic carbocycles. The third kappa shape index (κ3) is 1.81. The molecule has 5 nitrogen and oxygen atoms in total. The number of hydrogen-bond donors (Lipinski definition) is 1. The van der Waals surface area contributed by atoms with Gasteiger partial charge in [0.1, 0.15) is 0 Å². The van der Waals surface area contributed by atoms with Crippen molar-refractivity contribution in [2.75, 3.05) is 7.05 Å². The van der Waals surface area contributed by atoms with E-state index in [1.165, 1.54) is 5.56 Å². The maximum Gasteiger partial charge on any atom is 0.182 e. The predicted octanol–water partition coefficient (Wildman–Crippen LogP) is 1.14. The molecule has 1 atom stereocenters. The summed E-state index contributed by atoms with van der Waals surface area (Å²) in [6.07, 6.45) is 0.939. The van der Waals surface area contributed by atoms with E-state index in [4.69, 9.17) is 11.6 Å². The molecule has 0 spiro atoms. The summed E-state index contributed by atoms with van der Waals surface area (Å²) >= 11 is 6.04. The first-order valence-electron chi connectivity index (χ1n) is 5.50. The number of nitrogens with zero attached hydrogens (tertiary/aromatic N) is 4. The third-order valence-electron chi connectivity index (χ3n) is 3.11. The highest BCUT2D eigenvalue weighted by atomic mass is 35.5. The number of halogens is 1. The smallest absolute Gasteiger partial charge is 0.182 e. The molecular weight excluding hydrogens is 238 g/mol. The van der Waals surface area contributed by atoms with Crippen LogP contribution in [0.4, 0.5) is 0 Å². The van der Waals surface area contributed by atoms with Crippen molar-refractivity contribution >= 4 is 11.6 Å². The summed E-state index contributed by atoms with van der Waals surface area (Å²) in [6.45, 7) is 0.769. The Balaban J connectivity index is 2.19. The lowest BCUT2D eigenvalue weighted by atomic mass is 10.0. The van der Waals surface area contributed by atoms with Crippen molar-refractivity contribution in [1.82, 2.24) is 25.5 Å². The SMILES string of the molecule is CNC1Cc2ccc(Cl)cc2-c2nnnn2C1. The molecular formula is C11H12ClN5. The van der Waals surface area contributed by atoms with Crippen LogP contribution in [0, 0.1) is 0 Å². The third-order valence-corrected chi connectivity index (χ3v) is 3.35. The molecule has 1 aliphatic heterocycles. The molecule has 0 aliphatic carbocycles. The standard InChI is InChI=1S/C11H12ClN5/c1-13-9-4-7-2-3-8(12)5-10(7)11-14-15-16-17(11)6-9/h2-3,5,9,13H,4,6H2,1H3. The average molecular weight is 250 g/mol. The van der Waals surface area contributed by atoms with Gasteiger partial charge in [0.15, 0.2) is 5.82 Å². The molecule has 0 radical (unpaired) electrons. The first-order chi connectivity index (χ1) is 8.28. The minimum atomic E-state index is 0.333. The van der Waals surface area contributed by atoms with Crippen LogP contribution in [-0.4, -0.2) is 33.3 Å². The molecule has 1 unspecified atom stereocenters. The van der Waals surface area contributed by atoms with Crippen LogP contribution in [-0.2, 0) is 13.0 Å². The van der Waals surface area contributed by atoms with Gasteiger partial charge in [-0.1, -0.05) is 17.7 Å². The maximum atomic E-state index is 6.04. The summed E-state index contributed by atoms with van der Waals surface area (Å²) in [5.74, 6) is 0.792. The van der Waals surface area contributed by atoms with Gasteiger partial charge < -0.3 is 5.32 Å². The molecule has 0 saturated heterocycles. The van der Waals surface area contributed by atoms with Crippen molar-refractivity contribution in [2.24, 2.45) is 0 Å². The van der Waals surface area contributed by atoms with Gasteiger partial charge in [-0.05, 0) is 41.6 Å². The molecule has 0 saturated carbocycles. The first-order valence-corrected chi connectivity index (χ1v) is 5.88. The zero-order chi connectivity index (χ0) is 11.8. The Labute approximate surface area is 104 Å². The van der Waals surface area contributed by atoms with Gasteiger partial charge in [0.2, 0.25) is 0 Å². The number of aromatic nitrogens is 4. The summed E-state index contributed by atoms with van der Waals surface area (Å²) in [5, 5.41) is 15.8. The maximum absolute atomic E-state index is 6.04. The van der Waals surface area contributed by atoms with E-state index >= 15 is 0 Å². The molecule has 1 N–H and O–H groups in total. The largest absolute Gasteiger partial charge is 0.315 e. The van der Waals surface area contributed by atoms with Crippen molar-refractivity contribution in [1.29, 1.82) is 0 Å².